The summed E-state index contributed by atoms with van der Waals surface area (Å²) in [5, 5.41) is 14.5. The van der Waals surface area contributed by atoms with E-state index in [-0.39, 0.29) is 5.78 Å². The molecule has 0 atom stereocenters. The lowest BCUT2D eigenvalue weighted by Gasteiger charge is -2.13. The van der Waals surface area contributed by atoms with Crippen LogP contribution in [0, 0.1) is 10.8 Å². The van der Waals surface area contributed by atoms with Crippen molar-refractivity contribution in [2.75, 3.05) is 0 Å². The Labute approximate surface area is 95.6 Å². The number of Topliss-reactive ketones (excluding diaryl/α,β-unsaturated/α-hetero) is 1. The van der Waals surface area contributed by atoms with E-state index in [0.717, 1.165) is 29.6 Å². The van der Waals surface area contributed by atoms with Gasteiger partial charge in [0.05, 0.1) is 0 Å². The molecule has 84 valence electrons. The summed E-state index contributed by atoms with van der Waals surface area (Å²) in [5.41, 5.74) is 3.42. The van der Waals surface area contributed by atoms with Crippen LogP contribution in [0.1, 0.15) is 26.7 Å². The second kappa shape index (κ2) is 5.35. The Morgan fingerprint density at radius 1 is 1.25 bits per heavy atom. The predicted octanol–water partition coefficient (Wildman–Crippen LogP) is 2.84. The fourth-order valence-electron chi connectivity index (χ4n) is 1.53. The van der Waals surface area contributed by atoms with Gasteiger partial charge in [0.2, 0.25) is 0 Å². The number of nitrogens with one attached hydrogen (secondary N) is 2. The lowest BCUT2D eigenvalue weighted by molar-refractivity contribution is -0.113. The maximum Gasteiger partial charge on any atom is 0.155 e. The van der Waals surface area contributed by atoms with E-state index >= 15 is 0 Å². The van der Waals surface area contributed by atoms with Crippen molar-refractivity contribution in [2.24, 2.45) is 0 Å². The molecule has 0 aromatic heterocycles. The molecule has 0 amide bonds. The van der Waals surface area contributed by atoms with Gasteiger partial charge in [-0.25, -0.2) is 0 Å². The molecular weight excluding hydrogens is 200 g/mol. The van der Waals surface area contributed by atoms with Gasteiger partial charge in [-0.2, -0.15) is 0 Å². The molecule has 0 bridgehead atoms. The first kappa shape index (κ1) is 12.3. The Morgan fingerprint density at radius 3 is 2.44 bits per heavy atom. The SMILES string of the molecule is CC(=O)/C(C)=C/C1=C(C=N)CCC(C=N)=C1. The van der Waals surface area contributed by atoms with E-state index in [1.807, 2.05) is 6.08 Å². The van der Waals surface area contributed by atoms with Crippen LogP contribution in [0.25, 0.3) is 0 Å². The van der Waals surface area contributed by atoms with E-state index in [2.05, 4.69) is 0 Å². The van der Waals surface area contributed by atoms with Crippen LogP contribution in [-0.2, 0) is 4.79 Å². The van der Waals surface area contributed by atoms with Gasteiger partial charge < -0.3 is 10.8 Å². The lowest BCUT2D eigenvalue weighted by Crippen LogP contribution is -2.01. The average Bonchev–Trinajstić information content (AvgIpc) is 2.28. The molecule has 0 heterocycles. The first-order valence-electron chi connectivity index (χ1n) is 5.22. The van der Waals surface area contributed by atoms with Crippen LogP contribution in [0.5, 0.6) is 0 Å². The lowest BCUT2D eigenvalue weighted by atomic mass is 9.92. The molecule has 3 nitrogen and oxygen atoms in total. The van der Waals surface area contributed by atoms with E-state index in [1.54, 1.807) is 13.0 Å². The highest BCUT2D eigenvalue weighted by atomic mass is 16.1. The number of carbonyl (C=O) groups is 1. The molecule has 0 fully saturated rings. The molecule has 1 rings (SSSR count). The molecule has 0 aromatic carbocycles. The van der Waals surface area contributed by atoms with E-state index in [0.29, 0.717) is 5.57 Å². The van der Waals surface area contributed by atoms with E-state index < -0.39 is 0 Å². The van der Waals surface area contributed by atoms with E-state index in [9.17, 15) is 4.79 Å². The topological polar surface area (TPSA) is 64.8 Å². The van der Waals surface area contributed by atoms with Crippen LogP contribution in [-0.4, -0.2) is 18.2 Å². The van der Waals surface area contributed by atoms with Crippen molar-refractivity contribution in [1.82, 2.24) is 0 Å². The standard InChI is InChI=1S/C13H16N2O/c1-9(10(2)16)5-13-6-11(7-14)3-4-12(13)8-15/h5-8,14-15H,3-4H2,1-2H3/b9-5+,14-7?,15-8?. The minimum atomic E-state index is 0.0345. The number of hydrogen-bond donors (Lipinski definition) is 2. The number of rotatable bonds is 4. The van der Waals surface area contributed by atoms with Crippen molar-refractivity contribution < 1.29 is 4.79 Å². The van der Waals surface area contributed by atoms with Gasteiger partial charge >= 0.3 is 0 Å². The third kappa shape index (κ3) is 2.86. The summed E-state index contributed by atoms with van der Waals surface area (Å²) >= 11 is 0. The predicted molar refractivity (Wildman–Crippen MR) is 66.3 cm³/mol. The molecule has 16 heavy (non-hydrogen) atoms. The molecule has 0 radical (unpaired) electrons. The fraction of sp³-hybridized carbons (Fsp3) is 0.308. The smallest absolute Gasteiger partial charge is 0.155 e. The third-order valence-corrected chi connectivity index (χ3v) is 2.68. The zero-order valence-electron chi connectivity index (χ0n) is 9.63. The zero-order chi connectivity index (χ0) is 12.1. The molecule has 0 unspecified atom stereocenters. The minimum absolute atomic E-state index is 0.0345. The van der Waals surface area contributed by atoms with Gasteiger partial charge in [0.1, 0.15) is 0 Å². The largest absolute Gasteiger partial charge is 0.308 e. The molecule has 1 aliphatic carbocycles. The Hall–Kier alpha value is -1.77. The Balaban J connectivity index is 3.15. The van der Waals surface area contributed by atoms with Crippen LogP contribution < -0.4 is 0 Å². The monoisotopic (exact) mass is 216 g/mol. The highest BCUT2D eigenvalue weighted by molar-refractivity contribution is 5.94. The number of allylic oxidation sites excluding steroid dienone is 6. The van der Waals surface area contributed by atoms with E-state index in [1.165, 1.54) is 19.4 Å². The normalized spacial score (nSPS) is 16.9. The van der Waals surface area contributed by atoms with Crippen LogP contribution in [0.15, 0.2) is 34.4 Å². The minimum Gasteiger partial charge on any atom is -0.308 e. The van der Waals surface area contributed by atoms with E-state index in [4.69, 9.17) is 10.8 Å². The summed E-state index contributed by atoms with van der Waals surface area (Å²) in [6.07, 6.45) is 7.90. The Morgan fingerprint density at radius 2 is 1.94 bits per heavy atom. The molecule has 0 aliphatic heterocycles. The summed E-state index contributed by atoms with van der Waals surface area (Å²) < 4.78 is 0. The summed E-state index contributed by atoms with van der Waals surface area (Å²) in [4.78, 5) is 11.1. The molecule has 2 N–H and O–H groups in total. The summed E-state index contributed by atoms with van der Waals surface area (Å²) in [7, 11) is 0. The summed E-state index contributed by atoms with van der Waals surface area (Å²) in [5.74, 6) is 0.0345. The van der Waals surface area contributed by atoms with Gasteiger partial charge in [0.15, 0.2) is 5.78 Å². The average molecular weight is 216 g/mol. The van der Waals surface area contributed by atoms with Crippen LogP contribution in [0.3, 0.4) is 0 Å². The fourth-order valence-corrected chi connectivity index (χ4v) is 1.53. The maximum absolute atomic E-state index is 11.1. The molecule has 0 spiro atoms. The van der Waals surface area contributed by atoms with Gasteiger partial charge in [0.25, 0.3) is 0 Å². The number of hydrogen-bond acceptors (Lipinski definition) is 3. The van der Waals surface area contributed by atoms with Gasteiger partial charge in [-0.05, 0) is 61.1 Å². The number of carbonyl (C=O) groups excluding carboxylic acids is 1. The molecular formula is C13H16N2O. The van der Waals surface area contributed by atoms with Crippen LogP contribution in [0.2, 0.25) is 0 Å². The second-order valence-corrected chi connectivity index (χ2v) is 3.87. The molecule has 0 saturated carbocycles. The van der Waals surface area contributed by atoms with Crippen LogP contribution in [0.4, 0.5) is 0 Å². The highest BCUT2D eigenvalue weighted by Gasteiger charge is 2.10. The zero-order valence-corrected chi connectivity index (χ0v) is 9.63. The molecule has 1 aliphatic rings. The first-order valence-corrected chi connectivity index (χ1v) is 5.22. The maximum atomic E-state index is 11.1. The Kier molecular flexibility index (Phi) is 4.11. The first-order chi connectivity index (χ1) is 7.58. The highest BCUT2D eigenvalue weighted by Crippen LogP contribution is 2.23. The summed E-state index contributed by atoms with van der Waals surface area (Å²) in [6.45, 7) is 3.30. The number of ketones is 1. The van der Waals surface area contributed by atoms with Crippen molar-refractivity contribution in [3.63, 3.8) is 0 Å². The van der Waals surface area contributed by atoms with Crippen LogP contribution >= 0.6 is 0 Å². The molecule has 0 saturated heterocycles. The van der Waals surface area contributed by atoms with Crippen molar-refractivity contribution in [3.8, 4) is 0 Å². The van der Waals surface area contributed by atoms with Gasteiger partial charge in [0, 0.05) is 12.4 Å². The van der Waals surface area contributed by atoms with Crippen molar-refractivity contribution in [1.29, 1.82) is 10.8 Å². The van der Waals surface area contributed by atoms with Gasteiger partial charge in [-0.1, -0.05) is 0 Å². The van der Waals surface area contributed by atoms with Crippen molar-refractivity contribution in [2.45, 2.75) is 26.7 Å². The second-order valence-electron chi connectivity index (χ2n) is 3.87. The van der Waals surface area contributed by atoms with Gasteiger partial charge in [-0.3, -0.25) is 4.79 Å². The van der Waals surface area contributed by atoms with Crippen molar-refractivity contribution in [3.05, 3.63) is 34.4 Å². The quantitative estimate of drug-likeness (QED) is 0.550. The molecule has 3 heteroatoms. The van der Waals surface area contributed by atoms with Crippen molar-refractivity contribution >= 4 is 18.2 Å². The van der Waals surface area contributed by atoms with Gasteiger partial charge in [-0.15, -0.1) is 0 Å². The Bertz CT molecular complexity index is 425. The third-order valence-electron chi connectivity index (χ3n) is 2.68. The molecule has 0 aromatic rings. The summed E-state index contributed by atoms with van der Waals surface area (Å²) in [6, 6.07) is 0.